The van der Waals surface area contributed by atoms with E-state index in [2.05, 4.69) is 148 Å². The molecule has 0 spiro atoms. The first-order valence-electron chi connectivity index (χ1n) is 37.3. The highest BCUT2D eigenvalue weighted by Gasteiger charge is 2.22. The molecule has 0 aliphatic heterocycles. The van der Waals surface area contributed by atoms with Crippen LogP contribution in [0.2, 0.25) is 0 Å². The second-order valence-electron chi connectivity index (χ2n) is 25.8. The minimum Gasteiger partial charge on any atom is -0.545 e. The van der Waals surface area contributed by atoms with Gasteiger partial charge in [0, 0.05) is 12.8 Å². The van der Waals surface area contributed by atoms with Crippen molar-refractivity contribution >= 4 is 17.9 Å². The zero-order valence-electron chi connectivity index (χ0n) is 59.4. The summed E-state index contributed by atoms with van der Waals surface area (Å²) in [4.78, 5) is 37.6. The Hall–Kier alpha value is -4.57. The van der Waals surface area contributed by atoms with Crippen molar-refractivity contribution in [3.8, 4) is 0 Å². The summed E-state index contributed by atoms with van der Waals surface area (Å²) in [6, 6.07) is 0. The highest BCUT2D eigenvalue weighted by atomic mass is 16.7. The molecule has 0 rings (SSSR count). The lowest BCUT2D eigenvalue weighted by atomic mass is 10.0. The molecule has 0 bridgehead atoms. The Labute approximate surface area is 560 Å². The van der Waals surface area contributed by atoms with Crippen LogP contribution in [0.5, 0.6) is 0 Å². The molecule has 0 N–H and O–H groups in total. The molecule has 520 valence electrons. The molecule has 0 aromatic carbocycles. The van der Waals surface area contributed by atoms with E-state index < -0.39 is 24.3 Å². The van der Waals surface area contributed by atoms with Crippen molar-refractivity contribution in [3.05, 3.63) is 134 Å². The van der Waals surface area contributed by atoms with Gasteiger partial charge in [-0.2, -0.15) is 0 Å². The van der Waals surface area contributed by atoms with Gasteiger partial charge in [-0.05, 0) is 109 Å². The third-order valence-electron chi connectivity index (χ3n) is 15.9. The second kappa shape index (κ2) is 71.3. The number of quaternary nitrogens is 1. The van der Waals surface area contributed by atoms with E-state index in [0.29, 0.717) is 17.4 Å². The lowest BCUT2D eigenvalue weighted by molar-refractivity contribution is -0.870. The third-order valence-corrected chi connectivity index (χ3v) is 15.9. The molecular weight excluding hydrogens is 1130 g/mol. The molecular formula is C82H139NO8. The van der Waals surface area contributed by atoms with Gasteiger partial charge in [-0.25, -0.2) is 0 Å². The number of unbranched alkanes of at least 4 members (excludes halogenated alkanes) is 31. The molecule has 0 fully saturated rings. The first-order valence-corrected chi connectivity index (χ1v) is 37.3. The van der Waals surface area contributed by atoms with Crippen LogP contribution in [-0.4, -0.2) is 82.3 Å². The first kappa shape index (κ1) is 86.4. The lowest BCUT2D eigenvalue weighted by Crippen LogP contribution is -2.44. The number of esters is 2. The molecule has 9 nitrogen and oxygen atoms in total. The standard InChI is InChI=1S/C82H139NO8/c1-6-8-10-12-14-16-18-20-22-24-26-28-30-32-34-36-38-40-42-44-46-48-50-52-54-56-58-60-62-64-66-68-70-72-79(84)89-76-78(77-90-82(81(86)87)88-75-74-83(3,4)5)91-80(85)73-71-69-67-65-63-61-59-57-55-53-51-49-47-45-43-41-39-37-35-33-31-29-27-25-23-21-19-17-15-13-11-9-7-2/h8-11,14-17,20-23,26-29,32-35,39,41,78,82H,6-7,12-13,18-19,24-25,30-31,36-38,40,42-77H2,1-5H3/b10-8-,11-9-,16-14-,17-15-,22-20-,23-21-,28-26-,29-27-,34-32-,35-33-,41-39-. The molecule has 2 atom stereocenters. The van der Waals surface area contributed by atoms with Gasteiger partial charge < -0.3 is 33.3 Å². The van der Waals surface area contributed by atoms with Gasteiger partial charge in [0.1, 0.15) is 13.2 Å². The highest BCUT2D eigenvalue weighted by molar-refractivity contribution is 5.70. The lowest BCUT2D eigenvalue weighted by Gasteiger charge is -2.26. The summed E-state index contributed by atoms with van der Waals surface area (Å²) in [5.74, 6) is -2.28. The molecule has 0 aromatic heterocycles. The predicted octanol–water partition coefficient (Wildman–Crippen LogP) is 22.4. The van der Waals surface area contributed by atoms with Gasteiger partial charge in [-0.15, -0.1) is 0 Å². The molecule has 0 radical (unpaired) electrons. The molecule has 91 heavy (non-hydrogen) atoms. The van der Waals surface area contributed by atoms with E-state index in [0.717, 1.165) is 109 Å². The number of carboxylic acid groups (broad SMARTS) is 1. The minimum atomic E-state index is -1.63. The van der Waals surface area contributed by atoms with Crippen LogP contribution in [0.25, 0.3) is 0 Å². The van der Waals surface area contributed by atoms with E-state index in [-0.39, 0.29) is 38.6 Å². The Morgan fingerprint density at radius 3 is 0.879 bits per heavy atom. The predicted molar refractivity (Wildman–Crippen MR) is 389 cm³/mol. The summed E-state index contributed by atoms with van der Waals surface area (Å²) < 4.78 is 22.8. The number of aliphatic carboxylic acids is 1. The Balaban J connectivity index is 4.08. The topological polar surface area (TPSA) is 111 Å². The SMILES string of the molecule is CC/C=C\C/C=C\C/C=C\C/C=C\C/C=C\C/C=C\CCCCCCCCCCCCCCCCC(=O)OC(COC(=O)CCCCCCCCCCCCCCCCCCC/C=C\C/C=C\C/C=C\C/C=C\C/C=C\CC)COC(OCC[N+](C)(C)C)C(=O)[O-]. The molecule has 2 unspecified atom stereocenters. The minimum absolute atomic E-state index is 0.144. The van der Waals surface area contributed by atoms with E-state index in [1.54, 1.807) is 0 Å². The molecule has 0 aliphatic rings. The Morgan fingerprint density at radius 1 is 0.330 bits per heavy atom. The second-order valence-corrected chi connectivity index (χ2v) is 25.8. The van der Waals surface area contributed by atoms with Crippen molar-refractivity contribution in [1.82, 2.24) is 0 Å². The average molecular weight is 1270 g/mol. The summed E-state index contributed by atoms with van der Waals surface area (Å²) in [6.45, 7) is 4.54. The molecule has 0 aliphatic carbocycles. The number of carboxylic acids is 1. The summed E-state index contributed by atoms with van der Waals surface area (Å²) in [5.41, 5.74) is 0. The Kier molecular flexibility index (Phi) is 67.7. The van der Waals surface area contributed by atoms with Gasteiger partial charge in [0.05, 0.1) is 40.3 Å². The number of carbonyl (C=O) groups is 3. The van der Waals surface area contributed by atoms with E-state index in [9.17, 15) is 19.5 Å². The van der Waals surface area contributed by atoms with E-state index >= 15 is 0 Å². The van der Waals surface area contributed by atoms with Gasteiger partial charge in [0.2, 0.25) is 0 Å². The van der Waals surface area contributed by atoms with Crippen LogP contribution in [0.1, 0.15) is 309 Å². The summed E-state index contributed by atoms with van der Waals surface area (Å²) in [5, 5.41) is 11.8. The fourth-order valence-electron chi connectivity index (χ4n) is 10.3. The van der Waals surface area contributed by atoms with Crippen molar-refractivity contribution in [2.24, 2.45) is 0 Å². The number of carbonyl (C=O) groups excluding carboxylic acids is 3. The molecule has 0 aromatic rings. The number of allylic oxidation sites excluding steroid dienone is 22. The molecule has 0 amide bonds. The number of nitrogens with zero attached hydrogens (tertiary/aromatic N) is 1. The maximum absolute atomic E-state index is 13.0. The van der Waals surface area contributed by atoms with Crippen molar-refractivity contribution < 1.29 is 42.9 Å². The van der Waals surface area contributed by atoms with E-state index in [1.807, 2.05) is 21.1 Å². The molecule has 0 heterocycles. The van der Waals surface area contributed by atoms with Gasteiger partial charge in [0.15, 0.2) is 12.4 Å². The van der Waals surface area contributed by atoms with Gasteiger partial charge >= 0.3 is 11.9 Å². The zero-order valence-corrected chi connectivity index (χ0v) is 59.4. The zero-order chi connectivity index (χ0) is 66.1. The van der Waals surface area contributed by atoms with Crippen LogP contribution in [0.4, 0.5) is 0 Å². The Bertz CT molecular complexity index is 1960. The monoisotopic (exact) mass is 1270 g/mol. The highest BCUT2D eigenvalue weighted by Crippen LogP contribution is 2.18. The molecule has 9 heteroatoms. The van der Waals surface area contributed by atoms with Crippen LogP contribution < -0.4 is 5.11 Å². The smallest absolute Gasteiger partial charge is 0.306 e. The van der Waals surface area contributed by atoms with Gasteiger partial charge in [-0.3, -0.25) is 9.59 Å². The quantitative estimate of drug-likeness (QED) is 0.0195. The maximum atomic E-state index is 13.0. The van der Waals surface area contributed by atoms with Crippen LogP contribution in [0.3, 0.4) is 0 Å². The number of ether oxygens (including phenoxy) is 4. The fourth-order valence-corrected chi connectivity index (χ4v) is 10.3. The fraction of sp³-hybridized carbons (Fsp3) is 0.695. The maximum Gasteiger partial charge on any atom is 0.306 e. The average Bonchev–Trinajstić information content (AvgIpc) is 3.46. The van der Waals surface area contributed by atoms with E-state index in [4.69, 9.17) is 18.9 Å². The van der Waals surface area contributed by atoms with Gasteiger partial charge in [-0.1, -0.05) is 321 Å². The van der Waals surface area contributed by atoms with Crippen molar-refractivity contribution in [2.45, 2.75) is 322 Å². The number of hydrogen-bond acceptors (Lipinski definition) is 8. The summed E-state index contributed by atoms with van der Waals surface area (Å²) in [7, 11) is 5.93. The van der Waals surface area contributed by atoms with Crippen LogP contribution in [0.15, 0.2) is 134 Å². The number of likely N-dealkylation sites (N-methyl/N-ethyl adjacent to an activating group) is 1. The van der Waals surface area contributed by atoms with Crippen LogP contribution in [-0.2, 0) is 33.3 Å². The van der Waals surface area contributed by atoms with Crippen molar-refractivity contribution in [2.75, 3.05) is 47.5 Å². The van der Waals surface area contributed by atoms with Crippen LogP contribution in [0, 0.1) is 0 Å². The third kappa shape index (κ3) is 72.7. The first-order chi connectivity index (χ1) is 44.6. The largest absolute Gasteiger partial charge is 0.545 e. The molecule has 0 saturated carbocycles. The van der Waals surface area contributed by atoms with Gasteiger partial charge in [0.25, 0.3) is 0 Å². The normalized spacial score (nSPS) is 13.5. The van der Waals surface area contributed by atoms with E-state index in [1.165, 1.54) is 167 Å². The summed E-state index contributed by atoms with van der Waals surface area (Å²) in [6.07, 6.45) is 99.7. The molecule has 0 saturated heterocycles. The number of hydrogen-bond donors (Lipinski definition) is 0. The number of rotatable bonds is 68. The van der Waals surface area contributed by atoms with Crippen molar-refractivity contribution in [3.63, 3.8) is 0 Å². The van der Waals surface area contributed by atoms with Crippen molar-refractivity contribution in [1.29, 1.82) is 0 Å². The summed E-state index contributed by atoms with van der Waals surface area (Å²) >= 11 is 0. The van der Waals surface area contributed by atoms with Crippen LogP contribution >= 0.6 is 0 Å². The Morgan fingerprint density at radius 2 is 0.593 bits per heavy atom.